The second kappa shape index (κ2) is 5.99. The normalized spacial score (nSPS) is 16.9. The Labute approximate surface area is 121 Å². The first kappa shape index (κ1) is 15.1. The van der Waals surface area contributed by atoms with Crippen molar-refractivity contribution >= 4 is 22.9 Å². The van der Waals surface area contributed by atoms with E-state index in [-0.39, 0.29) is 16.6 Å². The summed E-state index contributed by atoms with van der Waals surface area (Å²) in [6.45, 7) is 0. The minimum absolute atomic E-state index is 0.0191. The van der Waals surface area contributed by atoms with Gasteiger partial charge in [-0.05, 0) is 31.0 Å². The average molecular weight is 302 g/mol. The quantitative estimate of drug-likeness (QED) is 0.826. The van der Waals surface area contributed by atoms with E-state index in [1.165, 1.54) is 12.5 Å². The van der Waals surface area contributed by atoms with Gasteiger partial charge in [-0.3, -0.25) is 0 Å². The largest absolute Gasteiger partial charge is 0.416 e. The predicted molar refractivity (Wildman–Crippen MR) is 77.8 cm³/mol. The highest BCUT2D eigenvalue weighted by atomic mass is 32.1. The SMILES string of the molecule is NC(=S)c1cc(C(F)(F)F)ccc1NC1CCCCC1. The van der Waals surface area contributed by atoms with Crippen LogP contribution in [-0.4, -0.2) is 11.0 Å². The Hall–Kier alpha value is -1.30. The van der Waals surface area contributed by atoms with E-state index in [4.69, 9.17) is 18.0 Å². The van der Waals surface area contributed by atoms with E-state index < -0.39 is 11.7 Å². The maximum Gasteiger partial charge on any atom is 0.416 e. The van der Waals surface area contributed by atoms with Gasteiger partial charge in [0.05, 0.1) is 5.56 Å². The highest BCUT2D eigenvalue weighted by Gasteiger charge is 2.31. The van der Waals surface area contributed by atoms with Gasteiger partial charge in [-0.1, -0.05) is 31.5 Å². The van der Waals surface area contributed by atoms with Crippen LogP contribution in [0.3, 0.4) is 0 Å². The van der Waals surface area contributed by atoms with Crippen LogP contribution in [0.1, 0.15) is 43.2 Å². The molecule has 0 atom stereocenters. The Balaban J connectivity index is 2.25. The first-order valence-corrected chi connectivity index (χ1v) is 7.06. The van der Waals surface area contributed by atoms with Crippen molar-refractivity contribution in [3.8, 4) is 0 Å². The van der Waals surface area contributed by atoms with Gasteiger partial charge < -0.3 is 11.1 Å². The lowest BCUT2D eigenvalue weighted by atomic mass is 9.95. The van der Waals surface area contributed by atoms with Crippen molar-refractivity contribution in [3.63, 3.8) is 0 Å². The maximum absolute atomic E-state index is 12.7. The van der Waals surface area contributed by atoms with E-state index in [1.54, 1.807) is 0 Å². The number of hydrogen-bond donors (Lipinski definition) is 2. The molecular formula is C14H17F3N2S. The molecule has 0 unspecified atom stereocenters. The van der Waals surface area contributed by atoms with Crippen molar-refractivity contribution in [2.75, 3.05) is 5.32 Å². The molecule has 0 aromatic heterocycles. The second-order valence-electron chi connectivity index (χ2n) is 5.10. The monoisotopic (exact) mass is 302 g/mol. The van der Waals surface area contributed by atoms with E-state index in [0.29, 0.717) is 5.69 Å². The van der Waals surface area contributed by atoms with Gasteiger partial charge in [-0.15, -0.1) is 0 Å². The Bertz CT molecular complexity index is 494. The van der Waals surface area contributed by atoms with Crippen molar-refractivity contribution in [2.45, 2.75) is 44.3 Å². The molecule has 0 bridgehead atoms. The summed E-state index contributed by atoms with van der Waals surface area (Å²) in [6, 6.07) is 3.79. The third-order valence-corrected chi connectivity index (χ3v) is 3.80. The summed E-state index contributed by atoms with van der Waals surface area (Å²) in [6.07, 6.45) is 1.16. The molecule has 3 N–H and O–H groups in total. The number of hydrogen-bond acceptors (Lipinski definition) is 2. The summed E-state index contributed by atoms with van der Waals surface area (Å²) in [5, 5.41) is 3.27. The molecule has 1 saturated carbocycles. The third-order valence-electron chi connectivity index (χ3n) is 3.58. The fourth-order valence-electron chi connectivity index (χ4n) is 2.52. The van der Waals surface area contributed by atoms with Gasteiger partial charge in [-0.25, -0.2) is 0 Å². The van der Waals surface area contributed by atoms with Crippen LogP contribution in [0.5, 0.6) is 0 Å². The lowest BCUT2D eigenvalue weighted by Crippen LogP contribution is -2.24. The fraction of sp³-hybridized carbons (Fsp3) is 0.500. The number of benzene rings is 1. The summed E-state index contributed by atoms with van der Waals surface area (Å²) in [4.78, 5) is -0.0191. The van der Waals surface area contributed by atoms with Gasteiger partial charge in [0.15, 0.2) is 0 Å². The molecule has 1 aromatic rings. The number of anilines is 1. The molecule has 110 valence electrons. The highest BCUT2D eigenvalue weighted by molar-refractivity contribution is 7.80. The van der Waals surface area contributed by atoms with Crippen molar-refractivity contribution < 1.29 is 13.2 Å². The maximum atomic E-state index is 12.7. The first-order chi connectivity index (χ1) is 9.38. The van der Waals surface area contributed by atoms with E-state index in [0.717, 1.165) is 37.8 Å². The molecule has 2 nitrogen and oxygen atoms in total. The minimum atomic E-state index is -4.39. The number of alkyl halides is 3. The molecular weight excluding hydrogens is 285 g/mol. The number of nitrogens with two attached hydrogens (primary N) is 1. The topological polar surface area (TPSA) is 38.0 Å². The molecule has 0 amide bonds. The smallest absolute Gasteiger partial charge is 0.389 e. The Morgan fingerprint density at radius 3 is 2.40 bits per heavy atom. The zero-order valence-electron chi connectivity index (χ0n) is 11.0. The summed E-state index contributed by atoms with van der Waals surface area (Å²) in [5.74, 6) is 0. The Morgan fingerprint density at radius 1 is 1.20 bits per heavy atom. The summed E-state index contributed by atoms with van der Waals surface area (Å²) < 4.78 is 38.2. The van der Waals surface area contributed by atoms with Crippen LogP contribution < -0.4 is 11.1 Å². The highest BCUT2D eigenvalue weighted by Crippen LogP contribution is 2.32. The molecule has 1 aliphatic rings. The lowest BCUT2D eigenvalue weighted by molar-refractivity contribution is -0.137. The van der Waals surface area contributed by atoms with E-state index in [2.05, 4.69) is 5.32 Å². The molecule has 6 heteroatoms. The number of thiocarbonyl (C=S) groups is 1. The molecule has 2 rings (SSSR count). The molecule has 0 radical (unpaired) electrons. The number of nitrogens with one attached hydrogen (secondary N) is 1. The zero-order chi connectivity index (χ0) is 14.8. The molecule has 1 aliphatic carbocycles. The van der Waals surface area contributed by atoms with Gasteiger partial charge in [0, 0.05) is 17.3 Å². The van der Waals surface area contributed by atoms with Crippen LogP contribution in [0.15, 0.2) is 18.2 Å². The van der Waals surface area contributed by atoms with Crippen molar-refractivity contribution in [3.05, 3.63) is 29.3 Å². The number of halogens is 3. The summed E-state index contributed by atoms with van der Waals surface area (Å²) in [7, 11) is 0. The van der Waals surface area contributed by atoms with Gasteiger partial charge in [0.1, 0.15) is 4.99 Å². The molecule has 0 aliphatic heterocycles. The van der Waals surface area contributed by atoms with Crippen LogP contribution in [0, 0.1) is 0 Å². The van der Waals surface area contributed by atoms with Gasteiger partial charge >= 0.3 is 6.18 Å². The van der Waals surface area contributed by atoms with Crippen LogP contribution in [-0.2, 0) is 6.18 Å². The summed E-state index contributed by atoms with van der Waals surface area (Å²) in [5.41, 5.74) is 5.69. The van der Waals surface area contributed by atoms with E-state index in [9.17, 15) is 13.2 Å². The van der Waals surface area contributed by atoms with Crippen molar-refractivity contribution in [1.82, 2.24) is 0 Å². The van der Waals surface area contributed by atoms with Crippen LogP contribution in [0.4, 0.5) is 18.9 Å². The van der Waals surface area contributed by atoms with Crippen LogP contribution >= 0.6 is 12.2 Å². The van der Waals surface area contributed by atoms with Gasteiger partial charge in [0.2, 0.25) is 0 Å². The summed E-state index contributed by atoms with van der Waals surface area (Å²) >= 11 is 4.87. The molecule has 0 spiro atoms. The van der Waals surface area contributed by atoms with Crippen LogP contribution in [0.25, 0.3) is 0 Å². The Morgan fingerprint density at radius 2 is 1.85 bits per heavy atom. The predicted octanol–water partition coefficient (Wildman–Crippen LogP) is 4.08. The second-order valence-corrected chi connectivity index (χ2v) is 5.54. The van der Waals surface area contributed by atoms with Crippen LogP contribution in [0.2, 0.25) is 0 Å². The fourth-order valence-corrected chi connectivity index (χ4v) is 2.69. The van der Waals surface area contributed by atoms with Crippen molar-refractivity contribution in [1.29, 1.82) is 0 Å². The molecule has 0 heterocycles. The zero-order valence-corrected chi connectivity index (χ0v) is 11.8. The lowest BCUT2D eigenvalue weighted by Gasteiger charge is -2.25. The first-order valence-electron chi connectivity index (χ1n) is 6.65. The molecule has 0 saturated heterocycles. The standard InChI is InChI=1S/C14H17F3N2S/c15-14(16,17)9-6-7-12(11(8-9)13(18)20)19-10-4-2-1-3-5-10/h6-8,10,19H,1-5H2,(H2,18,20). The van der Waals surface area contributed by atoms with E-state index in [1.807, 2.05) is 0 Å². The average Bonchev–Trinajstić information content (AvgIpc) is 2.38. The van der Waals surface area contributed by atoms with Gasteiger partial charge in [-0.2, -0.15) is 13.2 Å². The molecule has 1 aromatic carbocycles. The van der Waals surface area contributed by atoms with Gasteiger partial charge in [0.25, 0.3) is 0 Å². The van der Waals surface area contributed by atoms with E-state index >= 15 is 0 Å². The molecule has 1 fully saturated rings. The number of rotatable bonds is 3. The molecule has 20 heavy (non-hydrogen) atoms. The van der Waals surface area contributed by atoms with Crippen molar-refractivity contribution in [2.24, 2.45) is 5.73 Å². The Kier molecular flexibility index (Phi) is 4.52. The minimum Gasteiger partial charge on any atom is -0.389 e. The third kappa shape index (κ3) is 3.62.